The zero-order valence-electron chi connectivity index (χ0n) is 15.2. The van der Waals surface area contributed by atoms with Crippen molar-refractivity contribution in [3.8, 4) is 6.01 Å². The van der Waals surface area contributed by atoms with E-state index in [1.807, 2.05) is 0 Å². The maximum atomic E-state index is 12.2. The zero-order chi connectivity index (χ0) is 18.2. The largest absolute Gasteiger partial charge is 0.463 e. The molecule has 0 aliphatic carbocycles. The van der Waals surface area contributed by atoms with Gasteiger partial charge in [0.15, 0.2) is 11.5 Å². The molecule has 0 unspecified atom stereocenters. The molecule has 0 saturated carbocycles. The van der Waals surface area contributed by atoms with Gasteiger partial charge < -0.3 is 25.5 Å². The van der Waals surface area contributed by atoms with Crippen LogP contribution in [0.4, 0.5) is 5.82 Å². The molecule has 2 aromatic rings. The molecule has 0 bridgehead atoms. The van der Waals surface area contributed by atoms with Crippen molar-refractivity contribution in [2.45, 2.75) is 45.7 Å². The second-order valence-corrected chi connectivity index (χ2v) is 6.04. The second-order valence-electron chi connectivity index (χ2n) is 6.04. The third-order valence-electron chi connectivity index (χ3n) is 3.83. The summed E-state index contributed by atoms with van der Waals surface area (Å²) in [6.07, 6.45) is 2.70. The van der Waals surface area contributed by atoms with Crippen LogP contribution >= 0.6 is 0 Å². The SMILES string of the molecule is CCCCOc1nc(N)c2[nH]c(=O)n(CCCN[C@@H](C)COC)c2n1. The predicted molar refractivity (Wildman–Crippen MR) is 96.9 cm³/mol. The molecule has 0 aliphatic heterocycles. The Bertz CT molecular complexity index is 726. The fourth-order valence-electron chi connectivity index (χ4n) is 2.51. The standard InChI is InChI=1S/C16H28N6O3/c1-4-5-9-25-15-20-13(17)12-14(21-15)22(16(23)19-12)8-6-7-18-11(2)10-24-3/h11,18H,4-10H2,1-3H3,(H,19,23)(H2,17,20,21)/t11-/m0/s1. The van der Waals surface area contributed by atoms with Crippen molar-refractivity contribution in [3.63, 3.8) is 0 Å². The van der Waals surface area contributed by atoms with E-state index in [-0.39, 0.29) is 23.6 Å². The Hall–Kier alpha value is -2.13. The number of hydrogen-bond donors (Lipinski definition) is 3. The van der Waals surface area contributed by atoms with E-state index < -0.39 is 0 Å². The number of aromatic amines is 1. The van der Waals surface area contributed by atoms with Crippen LogP contribution in [0.3, 0.4) is 0 Å². The maximum Gasteiger partial charge on any atom is 0.327 e. The molecular formula is C16H28N6O3. The Labute approximate surface area is 146 Å². The van der Waals surface area contributed by atoms with Gasteiger partial charge in [-0.2, -0.15) is 9.97 Å². The number of aromatic nitrogens is 4. The first-order valence-corrected chi connectivity index (χ1v) is 8.68. The maximum absolute atomic E-state index is 12.2. The lowest BCUT2D eigenvalue weighted by Crippen LogP contribution is -2.31. The Kier molecular flexibility index (Phi) is 7.20. The lowest BCUT2D eigenvalue weighted by molar-refractivity contribution is 0.172. The number of imidazole rings is 1. The number of unbranched alkanes of at least 4 members (excludes halogenated alkanes) is 1. The Balaban J connectivity index is 2.07. The molecular weight excluding hydrogens is 324 g/mol. The summed E-state index contributed by atoms with van der Waals surface area (Å²) in [5, 5.41) is 3.34. The molecule has 0 spiro atoms. The van der Waals surface area contributed by atoms with Crippen LogP contribution in [0.25, 0.3) is 11.2 Å². The number of hydrogen-bond acceptors (Lipinski definition) is 7. The van der Waals surface area contributed by atoms with E-state index in [1.54, 1.807) is 11.7 Å². The van der Waals surface area contributed by atoms with E-state index in [9.17, 15) is 4.79 Å². The molecule has 2 rings (SSSR count). The molecule has 2 aromatic heterocycles. The third-order valence-corrected chi connectivity index (χ3v) is 3.83. The fraction of sp³-hybridized carbons (Fsp3) is 0.688. The number of nitrogens with one attached hydrogen (secondary N) is 2. The predicted octanol–water partition coefficient (Wildman–Crippen LogP) is 0.895. The average Bonchev–Trinajstić information content (AvgIpc) is 2.89. The van der Waals surface area contributed by atoms with Crippen molar-refractivity contribution in [2.24, 2.45) is 0 Å². The average molecular weight is 352 g/mol. The van der Waals surface area contributed by atoms with E-state index >= 15 is 0 Å². The summed E-state index contributed by atoms with van der Waals surface area (Å²) in [5.74, 6) is 0.221. The number of rotatable bonds is 11. The number of H-pyrrole nitrogens is 1. The van der Waals surface area contributed by atoms with Crippen molar-refractivity contribution in [2.75, 3.05) is 32.6 Å². The highest BCUT2D eigenvalue weighted by Gasteiger charge is 2.14. The molecule has 25 heavy (non-hydrogen) atoms. The minimum absolute atomic E-state index is 0.207. The minimum Gasteiger partial charge on any atom is -0.463 e. The zero-order valence-corrected chi connectivity index (χ0v) is 15.2. The molecule has 0 radical (unpaired) electrons. The van der Waals surface area contributed by atoms with Crippen LogP contribution in [0.1, 0.15) is 33.1 Å². The summed E-state index contributed by atoms with van der Waals surface area (Å²) in [7, 11) is 1.67. The first kappa shape index (κ1) is 19.2. The summed E-state index contributed by atoms with van der Waals surface area (Å²) < 4.78 is 12.2. The van der Waals surface area contributed by atoms with E-state index in [0.29, 0.717) is 30.9 Å². The van der Waals surface area contributed by atoms with Gasteiger partial charge in [0.2, 0.25) is 0 Å². The van der Waals surface area contributed by atoms with Crippen LogP contribution < -0.4 is 21.5 Å². The van der Waals surface area contributed by atoms with Crippen molar-refractivity contribution in [3.05, 3.63) is 10.5 Å². The highest BCUT2D eigenvalue weighted by molar-refractivity contribution is 5.81. The van der Waals surface area contributed by atoms with Crippen LogP contribution in [0.15, 0.2) is 4.79 Å². The summed E-state index contributed by atoms with van der Waals surface area (Å²) in [6.45, 7) is 6.59. The van der Waals surface area contributed by atoms with E-state index in [2.05, 4.69) is 34.1 Å². The number of methoxy groups -OCH3 is 1. The molecule has 140 valence electrons. The summed E-state index contributed by atoms with van der Waals surface area (Å²) >= 11 is 0. The molecule has 0 saturated heterocycles. The molecule has 0 amide bonds. The molecule has 2 heterocycles. The number of fused-ring (bicyclic) bond motifs is 1. The summed E-state index contributed by atoms with van der Waals surface area (Å²) in [6, 6.07) is 0.472. The van der Waals surface area contributed by atoms with E-state index in [1.165, 1.54) is 0 Å². The first-order valence-electron chi connectivity index (χ1n) is 8.68. The van der Waals surface area contributed by atoms with Gasteiger partial charge in [-0.25, -0.2) is 4.79 Å². The monoisotopic (exact) mass is 352 g/mol. The van der Waals surface area contributed by atoms with E-state index in [4.69, 9.17) is 15.2 Å². The number of nitrogen functional groups attached to an aromatic ring is 1. The quantitative estimate of drug-likeness (QED) is 0.514. The van der Waals surface area contributed by atoms with E-state index in [0.717, 1.165) is 25.8 Å². The van der Waals surface area contributed by atoms with Gasteiger partial charge in [0.25, 0.3) is 0 Å². The summed E-state index contributed by atoms with van der Waals surface area (Å²) in [5.41, 5.74) is 6.62. The molecule has 1 atom stereocenters. The molecule has 0 fully saturated rings. The number of nitrogens with zero attached hydrogens (tertiary/aromatic N) is 3. The summed E-state index contributed by atoms with van der Waals surface area (Å²) in [4.78, 5) is 23.4. The number of anilines is 1. The van der Waals surface area contributed by atoms with Gasteiger partial charge >= 0.3 is 11.7 Å². The van der Waals surface area contributed by atoms with Gasteiger partial charge in [-0.3, -0.25) is 4.57 Å². The minimum atomic E-state index is -0.244. The first-order chi connectivity index (χ1) is 12.1. The van der Waals surface area contributed by atoms with Gasteiger partial charge in [0.1, 0.15) is 5.52 Å². The number of nitrogens with two attached hydrogens (primary N) is 1. The van der Waals surface area contributed by atoms with Gasteiger partial charge in [0.05, 0.1) is 13.2 Å². The van der Waals surface area contributed by atoms with Crippen LogP contribution in [0.2, 0.25) is 0 Å². The van der Waals surface area contributed by atoms with Gasteiger partial charge in [-0.1, -0.05) is 13.3 Å². The number of aryl methyl sites for hydroxylation is 1. The normalized spacial score (nSPS) is 12.6. The van der Waals surface area contributed by atoms with Crippen molar-refractivity contribution >= 4 is 17.0 Å². The van der Waals surface area contributed by atoms with Crippen LogP contribution in [0.5, 0.6) is 6.01 Å². The third kappa shape index (κ3) is 5.17. The topological polar surface area (TPSA) is 120 Å². The molecule has 9 heteroatoms. The second kappa shape index (κ2) is 9.38. The Morgan fingerprint density at radius 3 is 2.88 bits per heavy atom. The van der Waals surface area contributed by atoms with Crippen molar-refractivity contribution < 1.29 is 9.47 Å². The smallest absolute Gasteiger partial charge is 0.327 e. The molecule has 0 aromatic carbocycles. The van der Waals surface area contributed by atoms with Crippen LogP contribution in [-0.4, -0.2) is 52.4 Å². The molecule has 0 aliphatic rings. The van der Waals surface area contributed by atoms with Crippen LogP contribution in [0, 0.1) is 0 Å². The molecule has 4 N–H and O–H groups in total. The van der Waals surface area contributed by atoms with Crippen molar-refractivity contribution in [1.82, 2.24) is 24.8 Å². The van der Waals surface area contributed by atoms with Gasteiger partial charge in [-0.05, 0) is 26.3 Å². The number of ether oxygens (including phenoxy) is 2. The van der Waals surface area contributed by atoms with Gasteiger partial charge in [-0.15, -0.1) is 0 Å². The lowest BCUT2D eigenvalue weighted by Gasteiger charge is -2.12. The van der Waals surface area contributed by atoms with Gasteiger partial charge in [0, 0.05) is 19.7 Å². The Morgan fingerprint density at radius 2 is 2.16 bits per heavy atom. The van der Waals surface area contributed by atoms with Crippen LogP contribution in [-0.2, 0) is 11.3 Å². The molecule has 9 nitrogen and oxygen atoms in total. The highest BCUT2D eigenvalue weighted by Crippen LogP contribution is 2.17. The Morgan fingerprint density at radius 1 is 1.36 bits per heavy atom. The highest BCUT2D eigenvalue weighted by atomic mass is 16.5. The lowest BCUT2D eigenvalue weighted by atomic mass is 10.3. The van der Waals surface area contributed by atoms with Crippen molar-refractivity contribution in [1.29, 1.82) is 0 Å². The fourth-order valence-corrected chi connectivity index (χ4v) is 2.51.